The maximum atomic E-state index is 10.2. The van der Waals surface area contributed by atoms with Crippen molar-refractivity contribution < 1.29 is 4.79 Å². The van der Waals surface area contributed by atoms with Crippen LogP contribution in [-0.2, 0) is 4.79 Å². The normalized spacial score (nSPS) is 10.4. The van der Waals surface area contributed by atoms with Gasteiger partial charge in [-0.15, -0.1) is 0 Å². The smallest absolute Gasteiger partial charge is 0.155 e. The number of hydrogen-bond donors (Lipinski definition) is 0. The van der Waals surface area contributed by atoms with Gasteiger partial charge in [-0.1, -0.05) is 25.8 Å². The predicted octanol–water partition coefficient (Wildman–Crippen LogP) is 2.14. The van der Waals surface area contributed by atoms with Gasteiger partial charge in [-0.05, 0) is 12.5 Å². The molecule has 0 aliphatic heterocycles. The molecule has 0 aromatic heterocycles. The van der Waals surface area contributed by atoms with Crippen molar-refractivity contribution in [2.45, 2.75) is 26.2 Å². The molecule has 1 heteroatoms. The summed E-state index contributed by atoms with van der Waals surface area (Å²) in [4.78, 5) is 10.2. The third kappa shape index (κ3) is 7.41. The summed E-state index contributed by atoms with van der Waals surface area (Å²) in [6.45, 7) is 5.34. The van der Waals surface area contributed by atoms with E-state index in [0.29, 0.717) is 0 Å². The van der Waals surface area contributed by atoms with Crippen LogP contribution >= 0.6 is 0 Å². The van der Waals surface area contributed by atoms with Crippen molar-refractivity contribution in [3.63, 3.8) is 0 Å². The minimum atomic E-state index is -0.105. The molecular formula is C8H13O. The highest BCUT2D eigenvalue weighted by Crippen LogP contribution is 1.94. The summed E-state index contributed by atoms with van der Waals surface area (Å²) in [6, 6.07) is 0. The van der Waals surface area contributed by atoms with E-state index in [9.17, 15) is 4.79 Å². The Bertz CT molecular complexity index is 103. The molecular weight excluding hydrogens is 112 g/mol. The molecule has 0 fully saturated rings. The van der Waals surface area contributed by atoms with Crippen molar-refractivity contribution in [3.8, 4) is 0 Å². The van der Waals surface area contributed by atoms with Gasteiger partial charge in [0.05, 0.1) is 0 Å². The average Bonchev–Trinajstić information content (AvgIpc) is 1.80. The highest BCUT2D eigenvalue weighted by atomic mass is 16.1. The summed E-state index contributed by atoms with van der Waals surface area (Å²) in [5.74, 6) is -0.105. The molecule has 1 radical (unpaired) electrons. The Labute approximate surface area is 56.8 Å². The van der Waals surface area contributed by atoms with E-state index < -0.39 is 0 Å². The zero-order chi connectivity index (χ0) is 7.11. The molecule has 51 valence electrons. The van der Waals surface area contributed by atoms with E-state index in [1.165, 1.54) is 12.5 Å². The second-order valence-electron chi connectivity index (χ2n) is 2.01. The maximum absolute atomic E-state index is 10.2. The lowest BCUT2D eigenvalue weighted by molar-refractivity contribution is -0.110. The van der Waals surface area contributed by atoms with E-state index in [0.717, 1.165) is 12.8 Å². The topological polar surface area (TPSA) is 17.1 Å². The molecule has 0 saturated carbocycles. The highest BCUT2D eigenvalue weighted by molar-refractivity contribution is 5.93. The summed E-state index contributed by atoms with van der Waals surface area (Å²) < 4.78 is 0. The van der Waals surface area contributed by atoms with E-state index in [1.807, 2.05) is 6.08 Å². The van der Waals surface area contributed by atoms with Gasteiger partial charge in [0, 0.05) is 6.92 Å². The molecule has 0 rings (SSSR count). The molecule has 0 spiro atoms. The van der Waals surface area contributed by atoms with Gasteiger partial charge in [0.15, 0.2) is 5.78 Å². The molecule has 0 aliphatic rings. The van der Waals surface area contributed by atoms with Gasteiger partial charge in [-0.2, -0.15) is 0 Å². The minimum Gasteiger partial charge on any atom is -0.295 e. The SMILES string of the molecule is [CH2]C(=O)C=CCCCC. The molecule has 0 bridgehead atoms. The van der Waals surface area contributed by atoms with Crippen molar-refractivity contribution in [2.75, 3.05) is 0 Å². The number of carbonyl (C=O) groups is 1. The van der Waals surface area contributed by atoms with Crippen molar-refractivity contribution in [1.82, 2.24) is 0 Å². The van der Waals surface area contributed by atoms with Crippen molar-refractivity contribution in [2.24, 2.45) is 0 Å². The summed E-state index contributed by atoms with van der Waals surface area (Å²) in [6.07, 6.45) is 6.73. The van der Waals surface area contributed by atoms with Gasteiger partial charge >= 0.3 is 0 Å². The van der Waals surface area contributed by atoms with E-state index in [4.69, 9.17) is 0 Å². The van der Waals surface area contributed by atoms with Crippen LogP contribution in [0.4, 0.5) is 0 Å². The van der Waals surface area contributed by atoms with Crippen LogP contribution in [0.15, 0.2) is 12.2 Å². The molecule has 0 N–H and O–H groups in total. The number of rotatable bonds is 4. The number of carbonyl (C=O) groups excluding carboxylic acids is 1. The third-order valence-electron chi connectivity index (χ3n) is 1.03. The molecule has 0 atom stereocenters. The Hall–Kier alpha value is -0.590. The Kier molecular flexibility index (Phi) is 5.18. The zero-order valence-electron chi connectivity index (χ0n) is 5.89. The molecule has 0 amide bonds. The molecule has 0 aromatic rings. The molecule has 0 heterocycles. The van der Waals surface area contributed by atoms with Gasteiger partial charge < -0.3 is 0 Å². The summed E-state index contributed by atoms with van der Waals surface area (Å²) in [7, 11) is 0. The van der Waals surface area contributed by atoms with Crippen LogP contribution in [0.1, 0.15) is 26.2 Å². The van der Waals surface area contributed by atoms with Crippen LogP contribution in [0.25, 0.3) is 0 Å². The van der Waals surface area contributed by atoms with E-state index in [-0.39, 0.29) is 5.78 Å². The van der Waals surface area contributed by atoms with E-state index in [2.05, 4.69) is 13.8 Å². The maximum Gasteiger partial charge on any atom is 0.155 e. The largest absolute Gasteiger partial charge is 0.295 e. The van der Waals surface area contributed by atoms with Gasteiger partial charge in [-0.25, -0.2) is 0 Å². The van der Waals surface area contributed by atoms with Crippen LogP contribution in [0, 0.1) is 6.92 Å². The van der Waals surface area contributed by atoms with Gasteiger partial charge in [0.25, 0.3) is 0 Å². The Morgan fingerprint density at radius 2 is 2.33 bits per heavy atom. The average molecular weight is 125 g/mol. The molecule has 1 nitrogen and oxygen atoms in total. The lowest BCUT2D eigenvalue weighted by atomic mass is 10.2. The van der Waals surface area contributed by atoms with Crippen molar-refractivity contribution >= 4 is 5.78 Å². The highest BCUT2D eigenvalue weighted by Gasteiger charge is 1.80. The Balaban J connectivity index is 3.15. The first kappa shape index (κ1) is 8.41. The summed E-state index contributed by atoms with van der Waals surface area (Å²) in [5, 5.41) is 0. The molecule has 0 saturated heterocycles. The number of allylic oxidation sites excluding steroid dienone is 2. The van der Waals surface area contributed by atoms with Crippen LogP contribution < -0.4 is 0 Å². The van der Waals surface area contributed by atoms with Crippen molar-refractivity contribution in [3.05, 3.63) is 19.1 Å². The first-order chi connectivity index (χ1) is 4.27. The van der Waals surface area contributed by atoms with E-state index in [1.54, 1.807) is 0 Å². The monoisotopic (exact) mass is 125 g/mol. The van der Waals surface area contributed by atoms with Crippen LogP contribution in [0.2, 0.25) is 0 Å². The van der Waals surface area contributed by atoms with Gasteiger partial charge in [-0.3, -0.25) is 4.79 Å². The fourth-order valence-electron chi connectivity index (χ4n) is 0.537. The van der Waals surface area contributed by atoms with Gasteiger partial charge in [0.1, 0.15) is 0 Å². The fraction of sp³-hybridized carbons (Fsp3) is 0.500. The summed E-state index contributed by atoms with van der Waals surface area (Å²) >= 11 is 0. The minimum absolute atomic E-state index is 0.105. The molecule has 0 aromatic carbocycles. The molecule has 0 aliphatic carbocycles. The first-order valence-electron chi connectivity index (χ1n) is 3.30. The van der Waals surface area contributed by atoms with E-state index >= 15 is 0 Å². The lowest BCUT2D eigenvalue weighted by Crippen LogP contribution is -1.79. The Morgan fingerprint density at radius 3 is 2.78 bits per heavy atom. The zero-order valence-corrected chi connectivity index (χ0v) is 5.89. The van der Waals surface area contributed by atoms with Crippen LogP contribution in [0.3, 0.4) is 0 Å². The van der Waals surface area contributed by atoms with Crippen molar-refractivity contribution in [1.29, 1.82) is 0 Å². The Morgan fingerprint density at radius 1 is 1.67 bits per heavy atom. The number of hydrogen-bond acceptors (Lipinski definition) is 1. The van der Waals surface area contributed by atoms with Crippen LogP contribution in [0.5, 0.6) is 0 Å². The predicted molar refractivity (Wildman–Crippen MR) is 39.0 cm³/mol. The third-order valence-corrected chi connectivity index (χ3v) is 1.03. The standard InChI is InChI=1S/C8H13O/c1-3-4-5-6-7-8(2)9/h6-7H,2-5H2,1H3. The molecule has 9 heavy (non-hydrogen) atoms. The second kappa shape index (κ2) is 5.54. The van der Waals surface area contributed by atoms with Gasteiger partial charge in [0.2, 0.25) is 0 Å². The quantitative estimate of drug-likeness (QED) is 0.415. The lowest BCUT2D eigenvalue weighted by Gasteiger charge is -1.85. The van der Waals surface area contributed by atoms with Crippen LogP contribution in [-0.4, -0.2) is 5.78 Å². The molecule has 0 unspecified atom stereocenters. The number of ketones is 1. The first-order valence-corrected chi connectivity index (χ1v) is 3.30. The fourth-order valence-corrected chi connectivity index (χ4v) is 0.537. The summed E-state index contributed by atoms with van der Waals surface area (Å²) in [5.41, 5.74) is 0. The second-order valence-corrected chi connectivity index (χ2v) is 2.01. The number of unbranched alkanes of at least 4 members (excludes halogenated alkanes) is 2.